The Morgan fingerprint density at radius 3 is 2.81 bits per heavy atom. The smallest absolute Gasteiger partial charge is 0.262 e. The summed E-state index contributed by atoms with van der Waals surface area (Å²) >= 11 is 0. The molecule has 1 aliphatic rings. The quantitative estimate of drug-likeness (QED) is 0.410. The number of nitrogens with one attached hydrogen (secondary N) is 1. The third-order valence-corrected chi connectivity index (χ3v) is 5.12. The van der Waals surface area contributed by atoms with Gasteiger partial charge in [-0.25, -0.2) is 0 Å². The Bertz CT molecular complexity index is 888. The number of nitrogens with zero attached hydrogens (tertiary/aromatic N) is 1. The second-order valence-corrected chi connectivity index (χ2v) is 7.56. The lowest BCUT2D eigenvalue weighted by atomic mass is 10.0. The number of hydrogen-bond donors (Lipinski definition) is 1. The molecule has 0 atom stereocenters. The number of benzene rings is 2. The monoisotopic (exact) mass is 446 g/mol. The minimum absolute atomic E-state index is 0. The van der Waals surface area contributed by atoms with Gasteiger partial charge in [0.25, 0.3) is 5.91 Å². The van der Waals surface area contributed by atoms with Crippen LogP contribution in [0.25, 0.3) is 0 Å². The van der Waals surface area contributed by atoms with Crippen molar-refractivity contribution in [3.05, 3.63) is 53.6 Å². The van der Waals surface area contributed by atoms with Crippen molar-refractivity contribution >= 4 is 29.8 Å². The van der Waals surface area contributed by atoms with Crippen molar-refractivity contribution in [2.45, 2.75) is 32.6 Å². The first-order valence-corrected chi connectivity index (χ1v) is 10.6. The summed E-state index contributed by atoms with van der Waals surface area (Å²) in [6.45, 7) is 4.60. The molecule has 1 heterocycles. The van der Waals surface area contributed by atoms with Crippen LogP contribution in [0, 0.1) is 0 Å². The first-order chi connectivity index (χ1) is 14.5. The highest BCUT2D eigenvalue weighted by molar-refractivity contribution is 6.00. The third-order valence-electron chi connectivity index (χ3n) is 5.12. The number of carbonyl (C=O) groups excluding carboxylic acids is 2. The molecule has 0 spiro atoms. The Balaban J connectivity index is 0.00000341. The van der Waals surface area contributed by atoms with Gasteiger partial charge in [0.05, 0.1) is 12.3 Å². The van der Waals surface area contributed by atoms with Crippen molar-refractivity contribution in [2.24, 2.45) is 0 Å². The highest BCUT2D eigenvalue weighted by Crippen LogP contribution is 2.29. The maximum atomic E-state index is 12.5. The van der Waals surface area contributed by atoms with E-state index in [-0.39, 0.29) is 30.7 Å². The van der Waals surface area contributed by atoms with Crippen LogP contribution in [-0.4, -0.2) is 49.9 Å². The predicted molar refractivity (Wildman–Crippen MR) is 125 cm³/mol. The standard InChI is InChI=1S/C24H30N2O4.ClH/c1-3-29-20-8-6-7-18(15-20)12-14-26(2)13-5-4-9-22(27)19-10-11-23-21(16-19)25-24(28)17-30-23;/h6-8,10-11,15-16H,3-5,9,12-14,17H2,1-2H3,(H,25,28);1H. The van der Waals surface area contributed by atoms with Crippen molar-refractivity contribution in [3.8, 4) is 11.5 Å². The molecular formula is C24H31ClN2O4. The zero-order chi connectivity index (χ0) is 21.3. The van der Waals surface area contributed by atoms with Crippen molar-refractivity contribution in [3.63, 3.8) is 0 Å². The summed E-state index contributed by atoms with van der Waals surface area (Å²) in [6.07, 6.45) is 3.27. The van der Waals surface area contributed by atoms with E-state index in [2.05, 4.69) is 29.4 Å². The number of unbranched alkanes of at least 4 members (excludes halogenated alkanes) is 1. The second kappa shape index (κ2) is 12.3. The number of anilines is 1. The average molecular weight is 447 g/mol. The summed E-state index contributed by atoms with van der Waals surface area (Å²) in [5, 5.41) is 2.74. The third kappa shape index (κ3) is 7.56. The van der Waals surface area contributed by atoms with Gasteiger partial charge in [-0.1, -0.05) is 12.1 Å². The molecule has 6 nitrogen and oxygen atoms in total. The molecule has 0 saturated carbocycles. The highest BCUT2D eigenvalue weighted by atomic mass is 35.5. The van der Waals surface area contributed by atoms with E-state index in [1.54, 1.807) is 18.2 Å². The fraction of sp³-hybridized carbons (Fsp3) is 0.417. The van der Waals surface area contributed by atoms with E-state index >= 15 is 0 Å². The molecule has 0 bridgehead atoms. The van der Waals surface area contributed by atoms with Crippen LogP contribution in [0.4, 0.5) is 5.69 Å². The van der Waals surface area contributed by atoms with Gasteiger partial charge in [-0.2, -0.15) is 0 Å². The molecule has 168 valence electrons. The number of halogens is 1. The summed E-state index contributed by atoms with van der Waals surface area (Å²) < 4.78 is 10.9. The SMILES string of the molecule is CCOc1cccc(CCN(C)CCCCC(=O)c2ccc3c(c2)NC(=O)CO3)c1.Cl. The molecule has 3 rings (SSSR count). The fourth-order valence-corrected chi connectivity index (χ4v) is 3.46. The van der Waals surface area contributed by atoms with Crippen LogP contribution in [0.2, 0.25) is 0 Å². The molecule has 2 aromatic carbocycles. The Hall–Kier alpha value is -2.57. The molecule has 2 aromatic rings. The van der Waals surface area contributed by atoms with Crippen molar-refractivity contribution < 1.29 is 19.1 Å². The second-order valence-electron chi connectivity index (χ2n) is 7.56. The largest absolute Gasteiger partial charge is 0.494 e. The van der Waals surface area contributed by atoms with Crippen LogP contribution in [-0.2, 0) is 11.2 Å². The van der Waals surface area contributed by atoms with E-state index in [4.69, 9.17) is 9.47 Å². The minimum Gasteiger partial charge on any atom is -0.494 e. The lowest BCUT2D eigenvalue weighted by Crippen LogP contribution is -2.25. The normalized spacial score (nSPS) is 12.4. The molecule has 1 aliphatic heterocycles. The molecule has 1 N–H and O–H groups in total. The molecule has 31 heavy (non-hydrogen) atoms. The maximum Gasteiger partial charge on any atom is 0.262 e. The molecule has 0 saturated heterocycles. The zero-order valence-corrected chi connectivity index (χ0v) is 19.0. The number of amides is 1. The summed E-state index contributed by atoms with van der Waals surface area (Å²) in [6, 6.07) is 13.5. The van der Waals surface area contributed by atoms with Crippen LogP contribution >= 0.6 is 12.4 Å². The first-order valence-electron chi connectivity index (χ1n) is 10.6. The topological polar surface area (TPSA) is 67.9 Å². The zero-order valence-electron chi connectivity index (χ0n) is 18.2. The van der Waals surface area contributed by atoms with Gasteiger partial charge in [0, 0.05) is 18.5 Å². The molecule has 7 heteroatoms. The van der Waals surface area contributed by atoms with E-state index < -0.39 is 0 Å². The first kappa shape index (κ1) is 24.7. The maximum absolute atomic E-state index is 12.5. The highest BCUT2D eigenvalue weighted by Gasteiger charge is 2.17. The Morgan fingerprint density at radius 2 is 2.00 bits per heavy atom. The van der Waals surface area contributed by atoms with Crippen molar-refractivity contribution in [1.82, 2.24) is 4.90 Å². The van der Waals surface area contributed by atoms with E-state index in [1.807, 2.05) is 19.1 Å². The lowest BCUT2D eigenvalue weighted by molar-refractivity contribution is -0.118. The number of ether oxygens (including phenoxy) is 2. The Kier molecular flexibility index (Phi) is 9.82. The fourth-order valence-electron chi connectivity index (χ4n) is 3.46. The van der Waals surface area contributed by atoms with Crippen molar-refractivity contribution in [2.75, 3.05) is 38.7 Å². The molecular weight excluding hydrogens is 416 g/mol. The predicted octanol–water partition coefficient (Wildman–Crippen LogP) is 4.37. The summed E-state index contributed by atoms with van der Waals surface area (Å²) in [5.41, 5.74) is 2.46. The van der Waals surface area contributed by atoms with Crippen LogP contribution in [0.5, 0.6) is 11.5 Å². The van der Waals surface area contributed by atoms with E-state index in [1.165, 1.54) is 5.56 Å². The number of rotatable bonds is 11. The summed E-state index contributed by atoms with van der Waals surface area (Å²) in [4.78, 5) is 26.2. The van der Waals surface area contributed by atoms with Crippen LogP contribution in [0.1, 0.15) is 42.1 Å². The van der Waals surface area contributed by atoms with Gasteiger partial charge >= 0.3 is 0 Å². The number of ketones is 1. The molecule has 0 unspecified atom stereocenters. The van der Waals surface area contributed by atoms with E-state index in [9.17, 15) is 9.59 Å². The molecule has 0 radical (unpaired) electrons. The molecule has 1 amide bonds. The molecule has 0 aromatic heterocycles. The molecule has 0 aliphatic carbocycles. The summed E-state index contributed by atoms with van der Waals surface area (Å²) in [7, 11) is 2.11. The van der Waals surface area contributed by atoms with Gasteiger partial charge in [-0.05, 0) is 75.7 Å². The Labute approximate surface area is 190 Å². The minimum atomic E-state index is -0.195. The van der Waals surface area contributed by atoms with E-state index in [0.717, 1.165) is 38.1 Å². The van der Waals surface area contributed by atoms with E-state index in [0.29, 0.717) is 30.0 Å². The van der Waals surface area contributed by atoms with Crippen LogP contribution in [0.3, 0.4) is 0 Å². The van der Waals surface area contributed by atoms with Crippen molar-refractivity contribution in [1.29, 1.82) is 0 Å². The Morgan fingerprint density at radius 1 is 1.16 bits per heavy atom. The van der Waals surface area contributed by atoms with Gasteiger partial charge in [0.15, 0.2) is 12.4 Å². The van der Waals surface area contributed by atoms with Gasteiger partial charge in [0.1, 0.15) is 11.5 Å². The van der Waals surface area contributed by atoms with Crippen LogP contribution in [0.15, 0.2) is 42.5 Å². The lowest BCUT2D eigenvalue weighted by Gasteiger charge is -2.18. The number of likely N-dealkylation sites (N-methyl/N-ethyl adjacent to an activating group) is 1. The summed E-state index contributed by atoms with van der Waals surface area (Å²) in [5.74, 6) is 1.43. The van der Waals surface area contributed by atoms with Crippen LogP contribution < -0.4 is 14.8 Å². The molecule has 0 fully saturated rings. The number of hydrogen-bond acceptors (Lipinski definition) is 5. The number of carbonyl (C=O) groups is 2. The average Bonchev–Trinajstić information content (AvgIpc) is 2.75. The van der Waals surface area contributed by atoms with Gasteiger partial charge in [-0.3, -0.25) is 9.59 Å². The van der Waals surface area contributed by atoms with Gasteiger partial charge < -0.3 is 19.7 Å². The van der Waals surface area contributed by atoms with Gasteiger partial charge in [0.2, 0.25) is 0 Å². The number of Topliss-reactive ketones (excluding diaryl/α,β-unsaturated/α-hetero) is 1. The number of fused-ring (bicyclic) bond motifs is 1. The van der Waals surface area contributed by atoms with Gasteiger partial charge in [-0.15, -0.1) is 12.4 Å².